The topological polar surface area (TPSA) is 12.0 Å². The Bertz CT molecular complexity index is 612. The van der Waals surface area contributed by atoms with Gasteiger partial charge in [0.1, 0.15) is 0 Å². The van der Waals surface area contributed by atoms with Crippen molar-refractivity contribution in [3.8, 4) is 0 Å². The molecule has 0 fully saturated rings. The van der Waals surface area contributed by atoms with Crippen LogP contribution in [0.3, 0.4) is 0 Å². The van der Waals surface area contributed by atoms with Crippen LogP contribution in [0.5, 0.6) is 0 Å². The fraction of sp³-hybridized carbons (Fsp3) is 0.412. The minimum Gasteiger partial charge on any atom is -0.312 e. The molecular formula is C17H19F2NS. The second-order valence-electron chi connectivity index (χ2n) is 5.60. The molecule has 1 aromatic heterocycles. The molecule has 1 unspecified atom stereocenters. The van der Waals surface area contributed by atoms with Crippen LogP contribution in [0, 0.1) is 11.6 Å². The molecule has 0 radical (unpaired) electrons. The summed E-state index contributed by atoms with van der Waals surface area (Å²) in [6.07, 6.45) is 5.58. The lowest BCUT2D eigenvalue weighted by Crippen LogP contribution is -2.17. The van der Waals surface area contributed by atoms with Gasteiger partial charge in [0.25, 0.3) is 0 Å². The lowest BCUT2D eigenvalue weighted by Gasteiger charge is -2.14. The normalized spacial score (nSPS) is 15.8. The van der Waals surface area contributed by atoms with Gasteiger partial charge < -0.3 is 5.32 Å². The summed E-state index contributed by atoms with van der Waals surface area (Å²) in [6, 6.07) is 6.62. The maximum Gasteiger partial charge on any atom is 0.159 e. The zero-order valence-corrected chi connectivity index (χ0v) is 12.9. The smallest absolute Gasteiger partial charge is 0.159 e. The Morgan fingerprint density at radius 3 is 2.67 bits per heavy atom. The molecule has 112 valence electrons. The summed E-state index contributed by atoms with van der Waals surface area (Å²) < 4.78 is 26.3. The number of thiophene rings is 1. The molecule has 1 nitrogen and oxygen atoms in total. The van der Waals surface area contributed by atoms with Crippen molar-refractivity contribution in [2.24, 2.45) is 0 Å². The van der Waals surface area contributed by atoms with Crippen molar-refractivity contribution >= 4 is 11.3 Å². The van der Waals surface area contributed by atoms with Crippen molar-refractivity contribution in [1.29, 1.82) is 0 Å². The van der Waals surface area contributed by atoms with Crippen LogP contribution in [0.25, 0.3) is 0 Å². The summed E-state index contributed by atoms with van der Waals surface area (Å²) in [6.45, 7) is 0. The maximum absolute atomic E-state index is 13.3. The van der Waals surface area contributed by atoms with Crippen molar-refractivity contribution in [3.63, 3.8) is 0 Å². The molecule has 0 bridgehead atoms. The number of rotatable bonds is 4. The van der Waals surface area contributed by atoms with Crippen LogP contribution in [-0.4, -0.2) is 7.05 Å². The fourth-order valence-corrected chi connectivity index (χ4v) is 4.30. The molecule has 0 saturated heterocycles. The largest absolute Gasteiger partial charge is 0.312 e. The number of nitrogens with one attached hydrogen (secondary N) is 1. The van der Waals surface area contributed by atoms with E-state index in [2.05, 4.69) is 11.4 Å². The van der Waals surface area contributed by atoms with E-state index in [-0.39, 0.29) is 6.04 Å². The van der Waals surface area contributed by atoms with Gasteiger partial charge in [-0.3, -0.25) is 0 Å². The molecule has 3 rings (SSSR count). The van der Waals surface area contributed by atoms with Crippen LogP contribution >= 0.6 is 11.3 Å². The van der Waals surface area contributed by atoms with E-state index in [4.69, 9.17) is 0 Å². The van der Waals surface area contributed by atoms with Gasteiger partial charge in [0, 0.05) is 15.8 Å². The van der Waals surface area contributed by atoms with Gasteiger partial charge in [-0.05, 0) is 68.5 Å². The monoisotopic (exact) mass is 307 g/mol. The highest BCUT2D eigenvalue weighted by Crippen LogP contribution is 2.34. The number of hydrogen-bond donors (Lipinski definition) is 1. The van der Waals surface area contributed by atoms with E-state index in [0.717, 1.165) is 5.56 Å². The SMILES string of the molecule is CNC(Cc1ccc(F)c(F)c1)c1cc2c(s1)CCCC2. The lowest BCUT2D eigenvalue weighted by molar-refractivity contribution is 0.505. The molecule has 2 aromatic rings. The van der Waals surface area contributed by atoms with Crippen LogP contribution in [0.4, 0.5) is 8.78 Å². The number of aryl methyl sites for hydroxylation is 2. The quantitative estimate of drug-likeness (QED) is 0.882. The molecule has 1 aliphatic rings. The third-order valence-corrected chi connectivity index (χ3v) is 5.48. The number of benzene rings is 1. The van der Waals surface area contributed by atoms with Crippen LogP contribution in [-0.2, 0) is 19.3 Å². The molecule has 21 heavy (non-hydrogen) atoms. The number of halogens is 2. The van der Waals surface area contributed by atoms with Crippen molar-refractivity contribution in [2.75, 3.05) is 7.05 Å². The molecule has 0 amide bonds. The highest BCUT2D eigenvalue weighted by atomic mass is 32.1. The van der Waals surface area contributed by atoms with Crippen LogP contribution in [0.1, 0.15) is 39.8 Å². The minimum absolute atomic E-state index is 0.158. The van der Waals surface area contributed by atoms with Gasteiger partial charge in [0.05, 0.1) is 0 Å². The van der Waals surface area contributed by atoms with Gasteiger partial charge in [-0.15, -0.1) is 11.3 Å². The Morgan fingerprint density at radius 1 is 1.14 bits per heavy atom. The van der Waals surface area contributed by atoms with Crippen molar-refractivity contribution in [3.05, 3.63) is 56.8 Å². The second kappa shape index (κ2) is 6.24. The Hall–Kier alpha value is -1.26. The average molecular weight is 307 g/mol. The van der Waals surface area contributed by atoms with Gasteiger partial charge in [0.15, 0.2) is 11.6 Å². The van der Waals surface area contributed by atoms with Crippen molar-refractivity contribution in [2.45, 2.75) is 38.1 Å². The molecule has 1 N–H and O–H groups in total. The van der Waals surface area contributed by atoms with Gasteiger partial charge in [-0.2, -0.15) is 0 Å². The van der Waals surface area contributed by atoms with Crippen LogP contribution < -0.4 is 5.32 Å². The van der Waals surface area contributed by atoms with Crippen molar-refractivity contribution in [1.82, 2.24) is 5.32 Å². The first-order valence-electron chi connectivity index (χ1n) is 7.40. The van der Waals surface area contributed by atoms with E-state index in [1.165, 1.54) is 53.1 Å². The minimum atomic E-state index is -0.786. The van der Waals surface area contributed by atoms with Crippen molar-refractivity contribution < 1.29 is 8.78 Å². The third kappa shape index (κ3) is 3.16. The predicted molar refractivity (Wildman–Crippen MR) is 82.8 cm³/mol. The molecule has 4 heteroatoms. The molecule has 1 aliphatic carbocycles. The van der Waals surface area contributed by atoms with Crippen LogP contribution in [0.2, 0.25) is 0 Å². The summed E-state index contributed by atoms with van der Waals surface area (Å²) in [5.41, 5.74) is 2.30. The number of likely N-dealkylation sites (N-methyl/N-ethyl adjacent to an activating group) is 1. The van der Waals surface area contributed by atoms with E-state index in [1.807, 2.05) is 18.4 Å². The van der Waals surface area contributed by atoms with Gasteiger partial charge in [0.2, 0.25) is 0 Å². The average Bonchev–Trinajstić information content (AvgIpc) is 2.92. The van der Waals surface area contributed by atoms with E-state index in [9.17, 15) is 8.78 Å². The molecule has 1 heterocycles. The Labute approximate surface area is 128 Å². The zero-order valence-electron chi connectivity index (χ0n) is 12.1. The predicted octanol–water partition coefficient (Wildman–Crippen LogP) is 4.41. The molecular weight excluding hydrogens is 288 g/mol. The third-order valence-electron chi connectivity index (χ3n) is 4.13. The van der Waals surface area contributed by atoms with Gasteiger partial charge in [-0.25, -0.2) is 8.78 Å². The molecule has 1 atom stereocenters. The number of hydrogen-bond acceptors (Lipinski definition) is 2. The first-order valence-corrected chi connectivity index (χ1v) is 8.21. The molecule has 1 aromatic carbocycles. The lowest BCUT2D eigenvalue weighted by atomic mass is 9.98. The summed E-state index contributed by atoms with van der Waals surface area (Å²) >= 11 is 1.86. The van der Waals surface area contributed by atoms with E-state index in [0.29, 0.717) is 6.42 Å². The molecule has 0 spiro atoms. The summed E-state index contributed by atoms with van der Waals surface area (Å²) in [5.74, 6) is -1.56. The Kier molecular flexibility index (Phi) is 4.36. The van der Waals surface area contributed by atoms with Crippen LogP contribution in [0.15, 0.2) is 24.3 Å². The first-order chi connectivity index (χ1) is 10.2. The van der Waals surface area contributed by atoms with E-state index >= 15 is 0 Å². The standard InChI is InChI=1S/C17H19F2NS/c1-20-15(9-11-6-7-13(18)14(19)8-11)17-10-12-4-2-3-5-16(12)21-17/h6-8,10,15,20H,2-5,9H2,1H3. The van der Waals surface area contributed by atoms with Gasteiger partial charge in [-0.1, -0.05) is 6.07 Å². The summed E-state index contributed by atoms with van der Waals surface area (Å²) in [4.78, 5) is 2.80. The Balaban J connectivity index is 1.81. The fourth-order valence-electron chi connectivity index (χ4n) is 2.93. The van der Waals surface area contributed by atoms with Gasteiger partial charge >= 0.3 is 0 Å². The second-order valence-corrected chi connectivity index (χ2v) is 6.77. The highest BCUT2D eigenvalue weighted by Gasteiger charge is 2.19. The maximum atomic E-state index is 13.3. The zero-order chi connectivity index (χ0) is 14.8. The molecule has 0 saturated carbocycles. The van der Waals surface area contributed by atoms with E-state index in [1.54, 1.807) is 6.07 Å². The molecule has 0 aliphatic heterocycles. The van der Waals surface area contributed by atoms with E-state index < -0.39 is 11.6 Å². The number of fused-ring (bicyclic) bond motifs is 1. The first kappa shape index (κ1) is 14.7. The highest BCUT2D eigenvalue weighted by molar-refractivity contribution is 7.12. The summed E-state index contributed by atoms with van der Waals surface area (Å²) in [5, 5.41) is 3.30. The Morgan fingerprint density at radius 2 is 1.95 bits per heavy atom. The summed E-state index contributed by atoms with van der Waals surface area (Å²) in [7, 11) is 1.92.